The minimum atomic E-state index is -0.310. The van der Waals surface area contributed by atoms with Gasteiger partial charge >= 0.3 is 0 Å². The second-order valence-corrected chi connectivity index (χ2v) is 11.5. The molecule has 0 spiro atoms. The molecule has 0 fully saturated rings. The fraction of sp³-hybridized carbons (Fsp3) is 0.290. The molecule has 0 unspecified atom stereocenters. The topological polar surface area (TPSA) is 40.6 Å². The first-order chi connectivity index (χ1) is 18.5. The molecular formula is C31H30Cl2N2O2S. The van der Waals surface area contributed by atoms with Crippen LogP contribution in [0.15, 0.2) is 72.1 Å². The van der Waals surface area contributed by atoms with Crippen molar-refractivity contribution in [3.63, 3.8) is 0 Å². The van der Waals surface area contributed by atoms with Crippen LogP contribution in [0.25, 0.3) is 10.8 Å². The quantitative estimate of drug-likeness (QED) is 0.203. The van der Waals surface area contributed by atoms with Crippen molar-refractivity contribution in [1.29, 1.82) is 0 Å². The largest absolute Gasteiger partial charge is 0.330 e. The fourth-order valence-electron chi connectivity index (χ4n) is 5.21. The summed E-state index contributed by atoms with van der Waals surface area (Å²) in [4.78, 5) is 32.5. The molecule has 4 aromatic rings. The van der Waals surface area contributed by atoms with Crippen molar-refractivity contribution >= 4 is 57.1 Å². The SMILES string of the molecule is CCCCCN(CC(=O)N1CCc2sccc2[C@@H]1c1ccc(Cl)cc1Cl)C(=O)c1ccc2ccccc2c1. The zero-order chi connectivity index (χ0) is 26.6. The molecule has 0 aliphatic carbocycles. The number of carbonyl (C=O) groups excluding carboxylic acids is 2. The lowest BCUT2D eigenvalue weighted by atomic mass is 9.93. The normalized spacial score (nSPS) is 14.9. The number of nitrogens with zero attached hydrogens (tertiary/aromatic N) is 2. The summed E-state index contributed by atoms with van der Waals surface area (Å²) in [5.41, 5.74) is 2.54. The zero-order valence-electron chi connectivity index (χ0n) is 21.3. The molecule has 38 heavy (non-hydrogen) atoms. The van der Waals surface area contributed by atoms with Gasteiger partial charge in [-0.2, -0.15) is 0 Å². The number of unbranched alkanes of at least 4 members (excludes halogenated alkanes) is 2. The van der Waals surface area contributed by atoms with Crippen molar-refractivity contribution in [2.75, 3.05) is 19.6 Å². The predicted molar refractivity (Wildman–Crippen MR) is 157 cm³/mol. The van der Waals surface area contributed by atoms with Crippen molar-refractivity contribution in [3.8, 4) is 0 Å². The van der Waals surface area contributed by atoms with Crippen molar-refractivity contribution in [3.05, 3.63) is 104 Å². The third kappa shape index (κ3) is 5.61. The molecule has 5 rings (SSSR count). The summed E-state index contributed by atoms with van der Waals surface area (Å²) in [6.07, 6.45) is 3.68. The van der Waals surface area contributed by atoms with Gasteiger partial charge in [-0.25, -0.2) is 0 Å². The van der Waals surface area contributed by atoms with E-state index in [-0.39, 0.29) is 24.4 Å². The number of hydrogen-bond acceptors (Lipinski definition) is 3. The number of carbonyl (C=O) groups is 2. The summed E-state index contributed by atoms with van der Waals surface area (Å²) in [7, 11) is 0. The van der Waals surface area contributed by atoms with E-state index in [4.69, 9.17) is 23.2 Å². The molecule has 1 aromatic heterocycles. The molecule has 1 aliphatic rings. The van der Waals surface area contributed by atoms with E-state index in [2.05, 4.69) is 18.4 Å². The Morgan fingerprint density at radius 3 is 2.58 bits per heavy atom. The average molecular weight is 566 g/mol. The van der Waals surface area contributed by atoms with Crippen LogP contribution in [-0.4, -0.2) is 41.2 Å². The molecular weight excluding hydrogens is 535 g/mol. The van der Waals surface area contributed by atoms with E-state index in [1.807, 2.05) is 59.5 Å². The van der Waals surface area contributed by atoms with Crippen molar-refractivity contribution in [2.24, 2.45) is 0 Å². The van der Waals surface area contributed by atoms with Gasteiger partial charge in [-0.3, -0.25) is 9.59 Å². The summed E-state index contributed by atoms with van der Waals surface area (Å²) in [5.74, 6) is -0.196. The molecule has 2 amide bonds. The van der Waals surface area contributed by atoms with E-state index in [1.165, 1.54) is 4.88 Å². The van der Waals surface area contributed by atoms with Crippen LogP contribution in [0.3, 0.4) is 0 Å². The van der Waals surface area contributed by atoms with Gasteiger partial charge in [-0.1, -0.05) is 79.4 Å². The van der Waals surface area contributed by atoms with Crippen LogP contribution in [0.1, 0.15) is 58.6 Å². The molecule has 7 heteroatoms. The van der Waals surface area contributed by atoms with Gasteiger partial charge in [0.25, 0.3) is 5.91 Å². The molecule has 0 saturated carbocycles. The maximum Gasteiger partial charge on any atom is 0.254 e. The van der Waals surface area contributed by atoms with Crippen molar-refractivity contribution in [2.45, 2.75) is 38.6 Å². The van der Waals surface area contributed by atoms with Crippen LogP contribution in [0.4, 0.5) is 0 Å². The Balaban J connectivity index is 1.44. The highest BCUT2D eigenvalue weighted by atomic mass is 35.5. The lowest BCUT2D eigenvalue weighted by Gasteiger charge is -2.38. The summed E-state index contributed by atoms with van der Waals surface area (Å²) in [5, 5.41) is 5.25. The molecule has 1 atom stereocenters. The summed E-state index contributed by atoms with van der Waals surface area (Å²) in [6, 6.07) is 20.9. The Bertz CT molecular complexity index is 1470. The number of rotatable bonds is 8. The molecule has 2 heterocycles. The van der Waals surface area contributed by atoms with E-state index < -0.39 is 0 Å². The van der Waals surface area contributed by atoms with Gasteiger partial charge in [0.1, 0.15) is 6.54 Å². The van der Waals surface area contributed by atoms with E-state index in [1.54, 1.807) is 22.3 Å². The second-order valence-electron chi connectivity index (χ2n) is 9.70. The molecule has 0 saturated heterocycles. The Morgan fingerprint density at radius 1 is 0.974 bits per heavy atom. The lowest BCUT2D eigenvalue weighted by molar-refractivity contribution is -0.134. The Hall–Kier alpha value is -2.86. The Morgan fingerprint density at radius 2 is 1.79 bits per heavy atom. The molecule has 1 aliphatic heterocycles. The van der Waals surface area contributed by atoms with Crippen molar-refractivity contribution < 1.29 is 9.59 Å². The molecule has 196 valence electrons. The van der Waals surface area contributed by atoms with Crippen LogP contribution >= 0.6 is 34.5 Å². The van der Waals surface area contributed by atoms with Gasteiger partial charge < -0.3 is 9.80 Å². The van der Waals surface area contributed by atoms with Gasteiger partial charge in [0, 0.05) is 33.6 Å². The monoisotopic (exact) mass is 564 g/mol. The van der Waals surface area contributed by atoms with Crippen LogP contribution in [0, 0.1) is 0 Å². The van der Waals surface area contributed by atoms with Gasteiger partial charge in [0.05, 0.1) is 6.04 Å². The summed E-state index contributed by atoms with van der Waals surface area (Å²) >= 11 is 14.5. The molecule has 0 N–H and O–H groups in total. The van der Waals surface area contributed by atoms with Gasteiger partial charge in [0.15, 0.2) is 0 Å². The first-order valence-electron chi connectivity index (χ1n) is 13.0. The number of benzene rings is 3. The second kappa shape index (κ2) is 11.9. The van der Waals surface area contributed by atoms with E-state index in [9.17, 15) is 9.59 Å². The standard InChI is InChI=1S/C31H30Cl2N2O2S/c1-2-3-6-15-34(31(37)23-10-9-21-7-4-5-8-22(21)18-23)20-29(36)35-16-13-28-26(14-17-38-28)30(35)25-12-11-24(32)19-27(25)33/h4-5,7-12,14,17-19,30H,2-3,6,13,15-16,20H2,1H3/t30-/m0/s1. The average Bonchev–Trinajstić information content (AvgIpc) is 3.41. The van der Waals surface area contributed by atoms with Crippen LogP contribution in [-0.2, 0) is 11.2 Å². The summed E-state index contributed by atoms with van der Waals surface area (Å²) in [6.45, 7) is 3.27. The minimum absolute atomic E-state index is 0.0244. The summed E-state index contributed by atoms with van der Waals surface area (Å²) < 4.78 is 0. The predicted octanol–water partition coefficient (Wildman–Crippen LogP) is 8.01. The molecule has 3 aromatic carbocycles. The lowest BCUT2D eigenvalue weighted by Crippen LogP contribution is -2.47. The smallest absolute Gasteiger partial charge is 0.254 e. The third-order valence-electron chi connectivity index (χ3n) is 7.18. The number of hydrogen-bond donors (Lipinski definition) is 0. The van der Waals surface area contributed by atoms with Gasteiger partial charge in [-0.05, 0) is 70.5 Å². The highest BCUT2D eigenvalue weighted by Gasteiger charge is 2.35. The van der Waals surface area contributed by atoms with Crippen LogP contribution < -0.4 is 0 Å². The number of fused-ring (bicyclic) bond motifs is 2. The number of amides is 2. The molecule has 0 bridgehead atoms. The maximum absolute atomic E-state index is 13.9. The van der Waals surface area contributed by atoms with Crippen LogP contribution in [0.5, 0.6) is 0 Å². The Kier molecular flexibility index (Phi) is 8.37. The van der Waals surface area contributed by atoms with Gasteiger partial charge in [0.2, 0.25) is 5.91 Å². The van der Waals surface area contributed by atoms with E-state index >= 15 is 0 Å². The minimum Gasteiger partial charge on any atom is -0.330 e. The van der Waals surface area contributed by atoms with E-state index in [0.717, 1.165) is 47.6 Å². The highest BCUT2D eigenvalue weighted by molar-refractivity contribution is 7.10. The van der Waals surface area contributed by atoms with E-state index in [0.29, 0.717) is 28.7 Å². The van der Waals surface area contributed by atoms with Crippen LogP contribution in [0.2, 0.25) is 10.0 Å². The fourth-order valence-corrected chi connectivity index (χ4v) is 6.62. The first-order valence-corrected chi connectivity index (χ1v) is 14.7. The number of halogens is 2. The number of thiophene rings is 1. The third-order valence-corrected chi connectivity index (χ3v) is 8.74. The molecule has 0 radical (unpaired) electrons. The zero-order valence-corrected chi connectivity index (χ0v) is 23.7. The van der Waals surface area contributed by atoms with Gasteiger partial charge in [-0.15, -0.1) is 11.3 Å². The Labute approximate surface area is 237 Å². The van der Waals surface area contributed by atoms with Crippen molar-refractivity contribution in [1.82, 2.24) is 9.80 Å². The first kappa shape index (κ1) is 26.7. The maximum atomic E-state index is 13.9. The highest BCUT2D eigenvalue weighted by Crippen LogP contribution is 2.41. The molecule has 4 nitrogen and oxygen atoms in total.